The summed E-state index contributed by atoms with van der Waals surface area (Å²) in [4.78, 5) is 29.6. The van der Waals surface area contributed by atoms with Crippen LogP contribution < -0.4 is 14.4 Å². The number of ether oxygens (including phenoxy) is 1. The second-order valence-corrected chi connectivity index (χ2v) is 13.4. The molecule has 1 N–H and O–H groups in total. The van der Waals surface area contributed by atoms with Gasteiger partial charge in [0.25, 0.3) is 0 Å². The normalized spacial score (nSPS) is 14.2. The molecule has 1 atom stereocenters. The van der Waals surface area contributed by atoms with Gasteiger partial charge in [-0.25, -0.2) is 8.42 Å². The van der Waals surface area contributed by atoms with Crippen molar-refractivity contribution in [2.75, 3.05) is 23.7 Å². The van der Waals surface area contributed by atoms with E-state index in [2.05, 4.69) is 5.32 Å². The van der Waals surface area contributed by atoms with Crippen molar-refractivity contribution in [3.05, 3.63) is 94.0 Å². The van der Waals surface area contributed by atoms with E-state index in [1.54, 1.807) is 42.5 Å². The molecule has 3 aromatic rings. The molecule has 4 rings (SSSR count). The van der Waals surface area contributed by atoms with Crippen LogP contribution in [-0.4, -0.2) is 56.6 Å². The van der Waals surface area contributed by atoms with Gasteiger partial charge in [-0.05, 0) is 67.3 Å². The van der Waals surface area contributed by atoms with Crippen molar-refractivity contribution in [3.63, 3.8) is 0 Å². The molecule has 1 aliphatic carbocycles. The number of halogens is 2. The first kappa shape index (κ1) is 32.6. The van der Waals surface area contributed by atoms with Crippen molar-refractivity contribution >= 4 is 50.7 Å². The number of nitrogens with one attached hydrogen (secondary N) is 1. The smallest absolute Gasteiger partial charge is 0.244 e. The zero-order valence-electron chi connectivity index (χ0n) is 24.3. The lowest BCUT2D eigenvalue weighted by Gasteiger charge is -2.34. The average Bonchev–Trinajstić information content (AvgIpc) is 3.48. The summed E-state index contributed by atoms with van der Waals surface area (Å²) in [5, 5.41) is 3.92. The molecule has 8 nitrogen and oxygen atoms in total. The summed E-state index contributed by atoms with van der Waals surface area (Å²) in [7, 11) is -3.88. The first-order chi connectivity index (χ1) is 20.5. The first-order valence-corrected chi connectivity index (χ1v) is 16.9. The Morgan fingerprint density at radius 3 is 2.28 bits per heavy atom. The van der Waals surface area contributed by atoms with Gasteiger partial charge in [-0.15, -0.1) is 0 Å². The molecule has 11 heteroatoms. The Morgan fingerprint density at radius 2 is 1.67 bits per heavy atom. The van der Waals surface area contributed by atoms with E-state index >= 15 is 0 Å². The molecule has 0 radical (unpaired) electrons. The molecule has 1 fully saturated rings. The highest BCUT2D eigenvalue weighted by atomic mass is 35.5. The predicted octanol–water partition coefficient (Wildman–Crippen LogP) is 5.86. The van der Waals surface area contributed by atoms with Gasteiger partial charge >= 0.3 is 0 Å². The molecule has 0 aliphatic heterocycles. The van der Waals surface area contributed by atoms with E-state index in [0.29, 0.717) is 33.7 Å². The molecule has 1 saturated carbocycles. The lowest BCUT2D eigenvalue weighted by Crippen LogP contribution is -2.54. The van der Waals surface area contributed by atoms with Crippen molar-refractivity contribution in [3.8, 4) is 5.75 Å². The molecular formula is C32H37Cl2N3O5S. The summed E-state index contributed by atoms with van der Waals surface area (Å²) in [5.41, 5.74) is 1.75. The number of anilines is 1. The van der Waals surface area contributed by atoms with Crippen LogP contribution in [0.3, 0.4) is 0 Å². The Hall–Kier alpha value is -3.27. The van der Waals surface area contributed by atoms with Crippen LogP contribution in [0.25, 0.3) is 0 Å². The number of benzene rings is 3. The Kier molecular flexibility index (Phi) is 11.3. The number of sulfonamides is 1. The Labute approximate surface area is 264 Å². The van der Waals surface area contributed by atoms with Gasteiger partial charge in [0.1, 0.15) is 18.3 Å². The fourth-order valence-corrected chi connectivity index (χ4v) is 6.56. The van der Waals surface area contributed by atoms with Gasteiger partial charge in [0.15, 0.2) is 0 Å². The molecule has 0 heterocycles. The third kappa shape index (κ3) is 9.11. The highest BCUT2D eigenvalue weighted by molar-refractivity contribution is 7.92. The number of rotatable bonds is 13. The second-order valence-electron chi connectivity index (χ2n) is 10.6. The van der Waals surface area contributed by atoms with E-state index in [-0.39, 0.29) is 24.9 Å². The molecular weight excluding hydrogens is 609 g/mol. The largest absolute Gasteiger partial charge is 0.494 e. The van der Waals surface area contributed by atoms with E-state index in [1.165, 1.54) is 4.90 Å². The minimum atomic E-state index is -3.88. The molecule has 1 aliphatic rings. The van der Waals surface area contributed by atoms with Crippen molar-refractivity contribution < 1.29 is 22.7 Å². The molecule has 0 saturated heterocycles. The topological polar surface area (TPSA) is 96.0 Å². The highest BCUT2D eigenvalue weighted by Gasteiger charge is 2.34. The number of carbonyl (C=O) groups is 2. The predicted molar refractivity (Wildman–Crippen MR) is 171 cm³/mol. The summed E-state index contributed by atoms with van der Waals surface area (Å²) >= 11 is 12.7. The van der Waals surface area contributed by atoms with Crippen LogP contribution in [0.5, 0.6) is 5.75 Å². The lowest BCUT2D eigenvalue weighted by molar-refractivity contribution is -0.140. The fourth-order valence-electron chi connectivity index (χ4n) is 5.24. The van der Waals surface area contributed by atoms with Gasteiger partial charge < -0.3 is 15.0 Å². The minimum absolute atomic E-state index is 0.0225. The van der Waals surface area contributed by atoms with Crippen LogP contribution in [0, 0.1) is 0 Å². The molecule has 3 aromatic carbocycles. The van der Waals surface area contributed by atoms with Crippen molar-refractivity contribution in [2.45, 2.75) is 57.7 Å². The van der Waals surface area contributed by atoms with Crippen LogP contribution >= 0.6 is 23.2 Å². The number of hydrogen-bond acceptors (Lipinski definition) is 5. The van der Waals surface area contributed by atoms with Gasteiger partial charge in [0.2, 0.25) is 21.8 Å². The van der Waals surface area contributed by atoms with Crippen molar-refractivity contribution in [1.29, 1.82) is 0 Å². The van der Waals surface area contributed by atoms with Gasteiger partial charge in [0, 0.05) is 29.1 Å². The molecule has 43 heavy (non-hydrogen) atoms. The number of nitrogens with zero attached hydrogens (tertiary/aromatic N) is 2. The quantitative estimate of drug-likeness (QED) is 0.251. The molecule has 0 unspecified atom stereocenters. The molecule has 0 aromatic heterocycles. The van der Waals surface area contributed by atoms with Gasteiger partial charge in [-0.3, -0.25) is 13.9 Å². The number of hydrogen-bond donors (Lipinski definition) is 1. The van der Waals surface area contributed by atoms with E-state index in [0.717, 1.165) is 41.8 Å². The summed E-state index contributed by atoms with van der Waals surface area (Å²) in [5.74, 6) is -0.259. The third-order valence-corrected chi connectivity index (χ3v) is 9.17. The summed E-state index contributed by atoms with van der Waals surface area (Å²) < 4.78 is 32.5. The minimum Gasteiger partial charge on any atom is -0.494 e. The van der Waals surface area contributed by atoms with Gasteiger partial charge in [0.05, 0.1) is 18.6 Å². The molecule has 2 amide bonds. The van der Waals surface area contributed by atoms with E-state index in [9.17, 15) is 18.0 Å². The third-order valence-electron chi connectivity index (χ3n) is 7.44. The van der Waals surface area contributed by atoms with Crippen LogP contribution in [0.4, 0.5) is 5.69 Å². The van der Waals surface area contributed by atoms with E-state index in [1.807, 2.05) is 37.3 Å². The van der Waals surface area contributed by atoms with Crippen LogP contribution in [0.1, 0.15) is 43.7 Å². The lowest BCUT2D eigenvalue weighted by atomic mass is 10.0. The van der Waals surface area contributed by atoms with Gasteiger partial charge in [-0.2, -0.15) is 0 Å². The molecule has 230 valence electrons. The maximum absolute atomic E-state index is 14.2. The zero-order valence-corrected chi connectivity index (χ0v) is 26.7. The number of carbonyl (C=O) groups excluding carboxylic acids is 2. The average molecular weight is 647 g/mol. The van der Waals surface area contributed by atoms with E-state index in [4.69, 9.17) is 27.9 Å². The van der Waals surface area contributed by atoms with Crippen LogP contribution in [0.2, 0.25) is 10.0 Å². The summed E-state index contributed by atoms with van der Waals surface area (Å²) in [6, 6.07) is 20.0. The van der Waals surface area contributed by atoms with Crippen LogP contribution in [0.15, 0.2) is 72.8 Å². The Bertz CT molecular complexity index is 1500. The SMILES string of the molecule is CCOc1ccc(N(CC(=O)N(Cc2ccc(Cl)cc2Cl)[C@@H](Cc2ccccc2)C(=O)NC2CCCC2)S(C)(=O)=O)cc1. The zero-order chi connectivity index (χ0) is 31.0. The first-order valence-electron chi connectivity index (χ1n) is 14.3. The standard InChI is InChI=1S/C32H37Cl2N3O5S/c1-3-42-28-17-15-27(16-18-28)37(43(2,40)41)22-31(38)36(21-24-13-14-25(33)20-29(24)34)30(19-23-9-5-4-6-10-23)32(39)35-26-11-7-8-12-26/h4-6,9-10,13-18,20,26,30H,3,7-8,11-12,19,21-22H2,1-2H3,(H,35,39)/t30-/m0/s1. The van der Waals surface area contributed by atoms with Crippen molar-refractivity contribution in [2.24, 2.45) is 0 Å². The summed E-state index contributed by atoms with van der Waals surface area (Å²) in [6.45, 7) is 1.78. The highest BCUT2D eigenvalue weighted by Crippen LogP contribution is 2.27. The van der Waals surface area contributed by atoms with Gasteiger partial charge in [-0.1, -0.05) is 72.4 Å². The Morgan fingerprint density at radius 1 is 1.00 bits per heavy atom. The van der Waals surface area contributed by atoms with E-state index < -0.39 is 28.5 Å². The Balaban J connectivity index is 1.72. The summed E-state index contributed by atoms with van der Waals surface area (Å²) in [6.07, 6.45) is 5.09. The maximum atomic E-state index is 14.2. The molecule has 0 spiro atoms. The fraction of sp³-hybridized carbons (Fsp3) is 0.375. The number of amides is 2. The monoisotopic (exact) mass is 645 g/mol. The van der Waals surface area contributed by atoms with Crippen LogP contribution in [-0.2, 0) is 32.6 Å². The molecule has 0 bridgehead atoms. The van der Waals surface area contributed by atoms with Crippen molar-refractivity contribution in [1.82, 2.24) is 10.2 Å². The maximum Gasteiger partial charge on any atom is 0.244 e. The second kappa shape index (κ2) is 14.9.